The van der Waals surface area contributed by atoms with E-state index in [9.17, 15) is 9.18 Å². The summed E-state index contributed by atoms with van der Waals surface area (Å²) in [5.41, 5.74) is 5.92. The van der Waals surface area contributed by atoms with E-state index in [-0.39, 0.29) is 16.8 Å². The summed E-state index contributed by atoms with van der Waals surface area (Å²) in [6.07, 6.45) is 1.85. The smallest absolute Gasteiger partial charge is 0.237 e. The van der Waals surface area contributed by atoms with E-state index in [2.05, 4.69) is 5.32 Å². The van der Waals surface area contributed by atoms with Crippen LogP contribution in [0, 0.1) is 5.82 Å². The summed E-state index contributed by atoms with van der Waals surface area (Å²) in [5.74, 6) is -0.598. The van der Waals surface area contributed by atoms with E-state index in [0.29, 0.717) is 5.69 Å². The maximum Gasteiger partial charge on any atom is 0.237 e. The van der Waals surface area contributed by atoms with Gasteiger partial charge in [0.1, 0.15) is 5.82 Å². The van der Waals surface area contributed by atoms with Crippen molar-refractivity contribution in [2.45, 2.75) is 12.2 Å². The Labute approximate surface area is 92.2 Å². The Morgan fingerprint density at radius 1 is 1.60 bits per heavy atom. The fourth-order valence-electron chi connectivity index (χ4n) is 0.972. The molecule has 1 amide bonds. The lowest BCUT2D eigenvalue weighted by Crippen LogP contribution is -2.22. The minimum absolute atomic E-state index is 0.0320. The van der Waals surface area contributed by atoms with E-state index in [0.717, 1.165) is 0 Å². The van der Waals surface area contributed by atoms with Crippen LogP contribution in [0.3, 0.4) is 0 Å². The number of anilines is 2. The van der Waals surface area contributed by atoms with Crippen molar-refractivity contribution in [3.8, 4) is 0 Å². The van der Waals surface area contributed by atoms with Crippen LogP contribution in [0.4, 0.5) is 15.8 Å². The lowest BCUT2D eigenvalue weighted by Gasteiger charge is -2.10. The van der Waals surface area contributed by atoms with Crippen molar-refractivity contribution in [3.05, 3.63) is 24.0 Å². The molecule has 0 saturated carbocycles. The summed E-state index contributed by atoms with van der Waals surface area (Å²) in [5, 5.41) is 2.51. The lowest BCUT2D eigenvalue weighted by molar-refractivity contribution is -0.115. The predicted molar refractivity (Wildman–Crippen MR) is 62.4 cm³/mol. The molecule has 0 aliphatic rings. The van der Waals surface area contributed by atoms with Crippen LogP contribution in [0.15, 0.2) is 18.2 Å². The third-order valence-corrected chi connectivity index (χ3v) is 2.91. The third-order valence-electron chi connectivity index (χ3n) is 1.99. The van der Waals surface area contributed by atoms with Gasteiger partial charge in [-0.2, -0.15) is 11.8 Å². The molecule has 3 nitrogen and oxygen atoms in total. The molecule has 15 heavy (non-hydrogen) atoms. The van der Waals surface area contributed by atoms with Gasteiger partial charge in [-0.1, -0.05) is 0 Å². The first-order valence-electron chi connectivity index (χ1n) is 4.43. The first kappa shape index (κ1) is 11.8. The maximum absolute atomic E-state index is 12.8. The van der Waals surface area contributed by atoms with E-state index in [1.54, 1.807) is 6.92 Å². The van der Waals surface area contributed by atoms with Gasteiger partial charge in [0.25, 0.3) is 0 Å². The monoisotopic (exact) mass is 228 g/mol. The standard InChI is InChI=1S/C10H13FN2OS/c1-6(15-2)10(14)13-7-3-4-8(11)9(12)5-7/h3-6H,12H2,1-2H3,(H,13,14). The molecule has 3 N–H and O–H groups in total. The minimum Gasteiger partial charge on any atom is -0.396 e. The molecule has 0 aliphatic heterocycles. The van der Waals surface area contributed by atoms with Crippen molar-refractivity contribution in [1.29, 1.82) is 0 Å². The number of benzene rings is 1. The quantitative estimate of drug-likeness (QED) is 0.779. The van der Waals surface area contributed by atoms with Crippen molar-refractivity contribution in [2.75, 3.05) is 17.3 Å². The van der Waals surface area contributed by atoms with Gasteiger partial charge in [-0.05, 0) is 31.4 Å². The number of amides is 1. The van der Waals surface area contributed by atoms with Crippen LogP contribution in [-0.2, 0) is 4.79 Å². The Kier molecular flexibility index (Phi) is 3.96. The highest BCUT2D eigenvalue weighted by Crippen LogP contribution is 2.17. The number of rotatable bonds is 3. The van der Waals surface area contributed by atoms with Crippen LogP contribution in [0.25, 0.3) is 0 Å². The number of carbonyl (C=O) groups excluding carboxylic acids is 1. The lowest BCUT2D eigenvalue weighted by atomic mass is 10.2. The van der Waals surface area contributed by atoms with Crippen LogP contribution in [0.2, 0.25) is 0 Å². The SMILES string of the molecule is CSC(C)C(=O)Nc1ccc(F)c(N)c1. The zero-order valence-corrected chi connectivity index (χ0v) is 9.40. The molecule has 0 aromatic heterocycles. The Balaban J connectivity index is 2.73. The number of nitrogens with two attached hydrogens (primary N) is 1. The summed E-state index contributed by atoms with van der Waals surface area (Å²) in [6.45, 7) is 1.80. The number of hydrogen-bond donors (Lipinski definition) is 2. The number of thioether (sulfide) groups is 1. The van der Waals surface area contributed by atoms with E-state index in [1.165, 1.54) is 30.0 Å². The molecule has 0 spiro atoms. The second kappa shape index (κ2) is 5.02. The first-order valence-corrected chi connectivity index (χ1v) is 5.72. The van der Waals surface area contributed by atoms with Crippen LogP contribution in [0.1, 0.15) is 6.92 Å². The van der Waals surface area contributed by atoms with E-state index < -0.39 is 5.82 Å². The average Bonchev–Trinajstić information content (AvgIpc) is 2.22. The zero-order valence-electron chi connectivity index (χ0n) is 8.58. The van der Waals surface area contributed by atoms with Gasteiger partial charge in [-0.3, -0.25) is 4.79 Å². The highest BCUT2D eigenvalue weighted by atomic mass is 32.2. The van der Waals surface area contributed by atoms with Gasteiger partial charge in [0.05, 0.1) is 10.9 Å². The highest BCUT2D eigenvalue weighted by Gasteiger charge is 2.11. The van der Waals surface area contributed by atoms with Gasteiger partial charge in [0.2, 0.25) is 5.91 Å². The molecule has 1 aromatic carbocycles. The zero-order chi connectivity index (χ0) is 11.4. The fraction of sp³-hybridized carbons (Fsp3) is 0.300. The van der Waals surface area contributed by atoms with Gasteiger partial charge in [0, 0.05) is 5.69 Å². The van der Waals surface area contributed by atoms with Crippen molar-refractivity contribution in [1.82, 2.24) is 0 Å². The molecule has 1 aromatic rings. The number of hydrogen-bond acceptors (Lipinski definition) is 3. The first-order chi connectivity index (χ1) is 7.04. The number of carbonyl (C=O) groups is 1. The average molecular weight is 228 g/mol. The molecule has 5 heteroatoms. The van der Waals surface area contributed by atoms with Gasteiger partial charge in [-0.15, -0.1) is 0 Å². The van der Waals surface area contributed by atoms with E-state index >= 15 is 0 Å². The van der Waals surface area contributed by atoms with Gasteiger partial charge < -0.3 is 11.1 Å². The minimum atomic E-state index is -0.481. The summed E-state index contributed by atoms with van der Waals surface area (Å²) >= 11 is 1.44. The molecule has 0 fully saturated rings. The Hall–Kier alpha value is -1.23. The number of nitrogen functional groups attached to an aromatic ring is 1. The number of halogens is 1. The maximum atomic E-state index is 12.8. The molecule has 0 saturated heterocycles. The largest absolute Gasteiger partial charge is 0.396 e. The molecular formula is C10H13FN2OS. The Morgan fingerprint density at radius 3 is 2.80 bits per heavy atom. The molecular weight excluding hydrogens is 215 g/mol. The summed E-state index contributed by atoms with van der Waals surface area (Å²) in [7, 11) is 0. The van der Waals surface area contributed by atoms with Crippen LogP contribution >= 0.6 is 11.8 Å². The summed E-state index contributed by atoms with van der Waals surface area (Å²) < 4.78 is 12.8. The van der Waals surface area contributed by atoms with E-state index in [4.69, 9.17) is 5.73 Å². The predicted octanol–water partition coefficient (Wildman–Crippen LogP) is 2.10. The van der Waals surface area contributed by atoms with Crippen molar-refractivity contribution < 1.29 is 9.18 Å². The van der Waals surface area contributed by atoms with Gasteiger partial charge in [0.15, 0.2) is 0 Å². The topological polar surface area (TPSA) is 55.1 Å². The van der Waals surface area contributed by atoms with Crippen molar-refractivity contribution in [3.63, 3.8) is 0 Å². The highest BCUT2D eigenvalue weighted by molar-refractivity contribution is 7.99. The third kappa shape index (κ3) is 3.13. The van der Waals surface area contributed by atoms with Crippen molar-refractivity contribution >= 4 is 29.0 Å². The van der Waals surface area contributed by atoms with Crippen molar-refractivity contribution in [2.24, 2.45) is 0 Å². The normalized spacial score (nSPS) is 12.2. The van der Waals surface area contributed by atoms with Crippen LogP contribution < -0.4 is 11.1 Å². The van der Waals surface area contributed by atoms with Crippen LogP contribution in [-0.4, -0.2) is 17.4 Å². The molecule has 0 aliphatic carbocycles. The molecule has 0 radical (unpaired) electrons. The van der Waals surface area contributed by atoms with Crippen LogP contribution in [0.5, 0.6) is 0 Å². The molecule has 1 rings (SSSR count). The molecule has 1 unspecified atom stereocenters. The van der Waals surface area contributed by atoms with Gasteiger partial charge >= 0.3 is 0 Å². The fourth-order valence-corrected chi connectivity index (χ4v) is 1.25. The summed E-state index contributed by atoms with van der Waals surface area (Å²) in [4.78, 5) is 11.5. The second-order valence-electron chi connectivity index (χ2n) is 3.10. The second-order valence-corrected chi connectivity index (χ2v) is 4.28. The molecule has 0 bridgehead atoms. The molecule has 82 valence electrons. The summed E-state index contributed by atoms with van der Waals surface area (Å²) in [6, 6.07) is 4.12. The van der Waals surface area contributed by atoms with E-state index in [1.807, 2.05) is 6.26 Å². The Bertz CT molecular complexity index is 370. The van der Waals surface area contributed by atoms with Gasteiger partial charge in [-0.25, -0.2) is 4.39 Å². The molecule has 0 heterocycles. The Morgan fingerprint density at radius 2 is 2.27 bits per heavy atom. The molecule has 1 atom stereocenters. The number of nitrogens with one attached hydrogen (secondary N) is 1.